The third kappa shape index (κ3) is 4.54. The molecule has 2 atom stereocenters. The smallest absolute Gasteiger partial charge is 0.118 e. The number of nitrogens with zero attached hydrogens (tertiary/aromatic N) is 1. The third-order valence-corrected chi connectivity index (χ3v) is 4.94. The van der Waals surface area contributed by atoms with Gasteiger partial charge in [-0.3, -0.25) is 0 Å². The van der Waals surface area contributed by atoms with Gasteiger partial charge in [-0.1, -0.05) is 55.0 Å². The molecule has 140 valence electrons. The molecular weight excluding hydrogens is 322 g/mol. The van der Waals surface area contributed by atoms with Gasteiger partial charge in [0, 0.05) is 12.5 Å². The summed E-state index contributed by atoms with van der Waals surface area (Å²) in [4.78, 5) is 2.12. The van der Waals surface area contributed by atoms with Crippen molar-refractivity contribution in [2.45, 2.75) is 26.4 Å². The van der Waals surface area contributed by atoms with E-state index in [-0.39, 0.29) is 5.92 Å². The average Bonchev–Trinajstić information content (AvgIpc) is 2.61. The zero-order valence-electron chi connectivity index (χ0n) is 16.8. The van der Waals surface area contributed by atoms with Crippen LogP contribution >= 0.6 is 0 Å². The minimum Gasteiger partial charge on any atom is -0.497 e. The molecule has 0 aliphatic rings. The number of aryl methyl sites for hydroxylation is 1. The number of rotatable bonds is 7. The molecule has 0 amide bonds. The van der Waals surface area contributed by atoms with E-state index in [1.54, 1.807) is 7.11 Å². The van der Waals surface area contributed by atoms with Gasteiger partial charge in [-0.05, 0) is 56.8 Å². The van der Waals surface area contributed by atoms with Crippen LogP contribution in [0, 0.1) is 12.8 Å². The molecule has 0 saturated carbocycles. The minimum absolute atomic E-state index is 0.0368. The molecule has 3 heteroatoms. The number of hydrogen-bond donors (Lipinski definition) is 1. The third-order valence-electron chi connectivity index (χ3n) is 4.94. The van der Waals surface area contributed by atoms with Crippen molar-refractivity contribution in [1.82, 2.24) is 4.90 Å². The number of methoxy groups -OCH3 is 1. The van der Waals surface area contributed by atoms with Crippen molar-refractivity contribution in [3.05, 3.63) is 70.8 Å². The van der Waals surface area contributed by atoms with E-state index in [0.29, 0.717) is 0 Å². The second-order valence-electron chi connectivity index (χ2n) is 7.40. The van der Waals surface area contributed by atoms with Crippen LogP contribution in [0.1, 0.15) is 30.5 Å². The predicted octanol–water partition coefficient (Wildman–Crippen LogP) is 4.49. The lowest BCUT2D eigenvalue weighted by atomic mass is 9.76. The summed E-state index contributed by atoms with van der Waals surface area (Å²) in [6.07, 6.45) is 2.06. The van der Waals surface area contributed by atoms with Gasteiger partial charge >= 0.3 is 0 Å². The van der Waals surface area contributed by atoms with Crippen LogP contribution in [0.2, 0.25) is 0 Å². The van der Waals surface area contributed by atoms with E-state index < -0.39 is 5.60 Å². The highest BCUT2D eigenvalue weighted by Gasteiger charge is 2.37. The van der Waals surface area contributed by atoms with Crippen molar-refractivity contribution in [3.8, 4) is 5.75 Å². The molecule has 2 unspecified atom stereocenters. The van der Waals surface area contributed by atoms with Gasteiger partial charge in [-0.25, -0.2) is 0 Å². The lowest BCUT2D eigenvalue weighted by Crippen LogP contribution is -2.40. The summed E-state index contributed by atoms with van der Waals surface area (Å²) < 4.78 is 5.23. The van der Waals surface area contributed by atoms with E-state index in [9.17, 15) is 5.11 Å². The molecule has 2 rings (SSSR count). The number of benzene rings is 2. The molecule has 2 aromatic rings. The zero-order chi connectivity index (χ0) is 19.3. The van der Waals surface area contributed by atoms with Gasteiger partial charge in [0.25, 0.3) is 0 Å². The fourth-order valence-electron chi connectivity index (χ4n) is 3.45. The Labute approximate surface area is 157 Å². The van der Waals surface area contributed by atoms with Crippen LogP contribution in [0.25, 0.3) is 6.08 Å². The van der Waals surface area contributed by atoms with Gasteiger partial charge in [0.05, 0.1) is 7.11 Å². The monoisotopic (exact) mass is 353 g/mol. The maximum absolute atomic E-state index is 11.8. The van der Waals surface area contributed by atoms with Crippen molar-refractivity contribution in [2.24, 2.45) is 5.92 Å². The molecule has 0 aliphatic heterocycles. The molecule has 1 N–H and O–H groups in total. The van der Waals surface area contributed by atoms with Gasteiger partial charge in [-0.15, -0.1) is 0 Å². The first-order chi connectivity index (χ1) is 12.3. The van der Waals surface area contributed by atoms with Crippen LogP contribution in [0.15, 0.2) is 54.1 Å². The Morgan fingerprint density at radius 1 is 1.12 bits per heavy atom. The maximum Gasteiger partial charge on any atom is 0.118 e. The summed E-state index contributed by atoms with van der Waals surface area (Å²) in [6, 6.07) is 16.1. The summed E-state index contributed by atoms with van der Waals surface area (Å²) in [5.41, 5.74) is 3.07. The van der Waals surface area contributed by atoms with Gasteiger partial charge in [0.1, 0.15) is 11.4 Å². The first-order valence-electron chi connectivity index (χ1n) is 9.04. The molecule has 3 nitrogen and oxygen atoms in total. The van der Waals surface area contributed by atoms with Crippen molar-refractivity contribution in [2.75, 3.05) is 27.7 Å². The average molecular weight is 354 g/mol. The molecule has 0 saturated heterocycles. The van der Waals surface area contributed by atoms with Crippen molar-refractivity contribution < 1.29 is 9.84 Å². The van der Waals surface area contributed by atoms with Gasteiger partial charge in [0.15, 0.2) is 0 Å². The summed E-state index contributed by atoms with van der Waals surface area (Å²) in [7, 11) is 5.73. The van der Waals surface area contributed by atoms with Gasteiger partial charge < -0.3 is 14.7 Å². The summed E-state index contributed by atoms with van der Waals surface area (Å²) in [5, 5.41) is 11.8. The second-order valence-corrected chi connectivity index (χ2v) is 7.40. The normalized spacial score (nSPS) is 15.6. The lowest BCUT2D eigenvalue weighted by Gasteiger charge is -2.37. The molecule has 0 heterocycles. The Hall–Kier alpha value is -2.10. The quantitative estimate of drug-likeness (QED) is 0.796. The standard InChI is InChI=1S/C23H31NO2/c1-17-7-11-21(12-8-17)23(25,19(3)16-24(4)5)18(2)15-20-9-13-22(26-6)14-10-20/h7-15,19,25H,16H2,1-6H3/b18-15+. The fraction of sp³-hybridized carbons (Fsp3) is 0.391. The van der Waals surface area contributed by atoms with Crippen LogP contribution in [-0.2, 0) is 5.60 Å². The Kier molecular flexibility index (Phi) is 6.63. The van der Waals surface area contributed by atoms with E-state index >= 15 is 0 Å². The summed E-state index contributed by atoms with van der Waals surface area (Å²) in [6.45, 7) is 6.96. The highest BCUT2D eigenvalue weighted by atomic mass is 16.5. The molecule has 0 bridgehead atoms. The number of hydrogen-bond acceptors (Lipinski definition) is 3. The molecule has 0 aliphatic carbocycles. The van der Waals surface area contributed by atoms with E-state index in [0.717, 1.165) is 29.0 Å². The van der Waals surface area contributed by atoms with E-state index in [1.807, 2.05) is 57.4 Å². The SMILES string of the molecule is COc1ccc(/C=C(\C)C(O)(c2ccc(C)cc2)C(C)CN(C)C)cc1. The highest BCUT2D eigenvalue weighted by molar-refractivity contribution is 5.57. The van der Waals surface area contributed by atoms with Crippen molar-refractivity contribution in [1.29, 1.82) is 0 Å². The van der Waals surface area contributed by atoms with Crippen LogP contribution < -0.4 is 4.74 Å². The second kappa shape index (κ2) is 8.52. The first kappa shape index (κ1) is 20.2. The van der Waals surface area contributed by atoms with E-state index in [4.69, 9.17) is 4.74 Å². The Balaban J connectivity index is 2.47. The Morgan fingerprint density at radius 2 is 1.69 bits per heavy atom. The van der Waals surface area contributed by atoms with Crippen molar-refractivity contribution in [3.63, 3.8) is 0 Å². The van der Waals surface area contributed by atoms with Gasteiger partial charge in [-0.2, -0.15) is 0 Å². The summed E-state index contributed by atoms with van der Waals surface area (Å²) >= 11 is 0. The number of aliphatic hydroxyl groups is 1. The van der Waals surface area contributed by atoms with E-state index in [2.05, 4.69) is 37.0 Å². The lowest BCUT2D eigenvalue weighted by molar-refractivity contribution is 0.0105. The maximum atomic E-state index is 11.8. The fourth-order valence-corrected chi connectivity index (χ4v) is 3.45. The van der Waals surface area contributed by atoms with Crippen LogP contribution in [-0.4, -0.2) is 37.8 Å². The van der Waals surface area contributed by atoms with Crippen LogP contribution in [0.3, 0.4) is 0 Å². The molecular formula is C23H31NO2. The molecule has 26 heavy (non-hydrogen) atoms. The molecule has 0 spiro atoms. The van der Waals surface area contributed by atoms with Crippen LogP contribution in [0.4, 0.5) is 0 Å². The Bertz CT molecular complexity index is 732. The van der Waals surface area contributed by atoms with Gasteiger partial charge in [0.2, 0.25) is 0 Å². The highest BCUT2D eigenvalue weighted by Crippen LogP contribution is 2.38. The molecule has 0 radical (unpaired) electrons. The van der Waals surface area contributed by atoms with Crippen LogP contribution in [0.5, 0.6) is 5.75 Å². The first-order valence-corrected chi connectivity index (χ1v) is 9.04. The molecule has 0 aromatic heterocycles. The Morgan fingerprint density at radius 3 is 2.19 bits per heavy atom. The van der Waals surface area contributed by atoms with E-state index in [1.165, 1.54) is 5.56 Å². The number of ether oxygens (including phenoxy) is 1. The topological polar surface area (TPSA) is 32.7 Å². The van der Waals surface area contributed by atoms with Crippen molar-refractivity contribution >= 4 is 6.08 Å². The summed E-state index contributed by atoms with van der Waals surface area (Å²) in [5.74, 6) is 0.865. The zero-order valence-corrected chi connectivity index (χ0v) is 16.8. The molecule has 2 aromatic carbocycles. The molecule has 0 fully saturated rings. The minimum atomic E-state index is -1.03. The largest absolute Gasteiger partial charge is 0.497 e. The predicted molar refractivity (Wildman–Crippen MR) is 109 cm³/mol.